The minimum atomic E-state index is -3.96. The highest BCUT2D eigenvalue weighted by molar-refractivity contribution is 7.89. The van der Waals surface area contributed by atoms with Gasteiger partial charge in [-0.3, -0.25) is 0 Å². The molecule has 0 heterocycles. The van der Waals surface area contributed by atoms with Gasteiger partial charge >= 0.3 is 0 Å². The summed E-state index contributed by atoms with van der Waals surface area (Å²) in [5.41, 5.74) is 0.561. The van der Waals surface area contributed by atoms with Crippen LogP contribution in [0.2, 0.25) is 28.2 Å². The number of thiocarbonyl (C=S) groups is 1. The maximum Gasteiger partial charge on any atom is 0.250 e. The Morgan fingerprint density at radius 1 is 1.09 bits per heavy atom. The summed E-state index contributed by atoms with van der Waals surface area (Å²) in [4.78, 5) is -0.157. The van der Waals surface area contributed by atoms with Crippen molar-refractivity contribution in [3.63, 3.8) is 0 Å². The summed E-state index contributed by atoms with van der Waals surface area (Å²) in [5, 5.41) is 5.53. The van der Waals surface area contributed by atoms with E-state index in [1.54, 1.807) is 12.1 Å². The molecule has 0 amide bonds. The van der Waals surface area contributed by atoms with Crippen molar-refractivity contribution < 1.29 is 17.2 Å². The van der Waals surface area contributed by atoms with E-state index < -0.39 is 24.2 Å². The molecule has 2 aromatic carbocycles. The first-order valence-corrected chi connectivity index (χ1v) is 15.5. The van der Waals surface area contributed by atoms with E-state index in [0.29, 0.717) is 5.69 Å². The zero-order valence-electron chi connectivity index (χ0n) is 19.5. The molecule has 0 aliphatic rings. The van der Waals surface area contributed by atoms with Crippen molar-refractivity contribution in [3.05, 3.63) is 46.2 Å². The number of halogens is 3. The summed E-state index contributed by atoms with van der Waals surface area (Å²) in [6, 6.07) is 7.32. The molecule has 0 aliphatic heterocycles. The molecule has 0 fully saturated rings. The topological polar surface area (TPSA) is 70.7 Å². The lowest BCUT2D eigenvalue weighted by Crippen LogP contribution is -2.44. The van der Waals surface area contributed by atoms with Crippen molar-refractivity contribution in [2.45, 2.75) is 43.8 Å². The van der Waals surface area contributed by atoms with Crippen molar-refractivity contribution >= 4 is 70.2 Å². The van der Waals surface area contributed by atoms with Crippen molar-refractivity contribution in [3.8, 4) is 5.75 Å². The zero-order chi connectivity index (χ0) is 25.4. The highest BCUT2D eigenvalue weighted by atomic mass is 35.5. The van der Waals surface area contributed by atoms with Gasteiger partial charge in [0.05, 0.1) is 21.4 Å². The quantitative estimate of drug-likeness (QED) is 0.312. The number of sulfonamides is 1. The van der Waals surface area contributed by atoms with Crippen molar-refractivity contribution in [2.75, 3.05) is 24.7 Å². The first kappa shape index (κ1) is 27.8. The lowest BCUT2D eigenvalue weighted by atomic mass is 10.2. The highest BCUT2D eigenvalue weighted by Crippen LogP contribution is 2.44. The normalized spacial score (nSPS) is 12.6. The Bertz CT molecular complexity index is 1170. The van der Waals surface area contributed by atoms with Gasteiger partial charge in [0.15, 0.2) is 5.11 Å². The Morgan fingerprint density at radius 3 is 2.21 bits per heavy atom. The summed E-state index contributed by atoms with van der Waals surface area (Å²) in [7, 11) is -3.63. The second-order valence-corrected chi connectivity index (χ2v) is 17.1. The van der Waals surface area contributed by atoms with Gasteiger partial charge in [0.1, 0.15) is 16.5 Å². The lowest BCUT2D eigenvalue weighted by molar-refractivity contribution is 0.474. The molecule has 0 spiro atoms. The van der Waals surface area contributed by atoms with Crippen LogP contribution in [0.4, 0.5) is 15.8 Å². The molecule has 0 aliphatic carbocycles. The number of benzene rings is 2. The number of hydrogen-bond acceptors (Lipinski definition) is 4. The Kier molecular flexibility index (Phi) is 8.47. The van der Waals surface area contributed by atoms with Crippen LogP contribution in [0.25, 0.3) is 0 Å². The monoisotopic (exact) mass is 551 g/mol. The van der Waals surface area contributed by atoms with Gasteiger partial charge in [0.2, 0.25) is 10.0 Å². The van der Waals surface area contributed by atoms with E-state index in [0.717, 1.165) is 4.31 Å². The van der Waals surface area contributed by atoms with Crippen LogP contribution in [0.15, 0.2) is 35.2 Å². The molecule has 0 unspecified atom stereocenters. The van der Waals surface area contributed by atoms with E-state index in [1.165, 1.54) is 32.3 Å². The molecule has 0 bridgehead atoms. The maximum atomic E-state index is 13.8. The fourth-order valence-corrected chi connectivity index (χ4v) is 5.45. The average molecular weight is 553 g/mol. The second kappa shape index (κ2) is 10.0. The molecule has 6 nitrogen and oxygen atoms in total. The molecule has 0 aromatic heterocycles. The fourth-order valence-electron chi connectivity index (χ4n) is 2.45. The zero-order valence-corrected chi connectivity index (χ0v) is 23.7. The van der Waals surface area contributed by atoms with Crippen molar-refractivity contribution in [2.24, 2.45) is 0 Å². The van der Waals surface area contributed by atoms with Gasteiger partial charge in [-0.25, -0.2) is 17.1 Å². The molecular weight excluding hydrogens is 524 g/mol. The van der Waals surface area contributed by atoms with E-state index in [4.69, 9.17) is 39.8 Å². The summed E-state index contributed by atoms with van der Waals surface area (Å²) >= 11 is 17.8. The van der Waals surface area contributed by atoms with Gasteiger partial charge < -0.3 is 15.1 Å². The summed E-state index contributed by atoms with van der Waals surface area (Å²) < 4.78 is 47.6. The van der Waals surface area contributed by atoms with Gasteiger partial charge in [-0.15, -0.1) is 0 Å². The third-order valence-corrected chi connectivity index (χ3v) is 12.6. The van der Waals surface area contributed by atoms with E-state index in [9.17, 15) is 12.8 Å². The molecule has 0 atom stereocenters. The van der Waals surface area contributed by atoms with Gasteiger partial charge in [0, 0.05) is 14.1 Å². The first-order valence-electron chi connectivity index (χ1n) is 9.95. The van der Waals surface area contributed by atoms with Crippen LogP contribution in [-0.4, -0.2) is 40.2 Å². The molecule has 2 rings (SSSR count). The number of nitrogens with one attached hydrogen (secondary N) is 2. The molecule has 0 saturated heterocycles. The third kappa shape index (κ3) is 6.17. The van der Waals surface area contributed by atoms with Crippen LogP contribution in [0.3, 0.4) is 0 Å². The second-order valence-electron chi connectivity index (χ2n) is 9.08. The molecule has 2 aromatic rings. The minimum Gasteiger partial charge on any atom is -0.541 e. The Hall–Kier alpha value is -1.43. The van der Waals surface area contributed by atoms with Gasteiger partial charge in [-0.05, 0) is 54.6 Å². The van der Waals surface area contributed by atoms with Crippen LogP contribution in [0, 0.1) is 5.82 Å². The SMILES string of the molecule is CN(C)S(=O)(=O)c1c(Cl)ccc(NC(=S)Nc2cccc(F)c2Cl)c1O[Si](C)(C)C(C)(C)C. The van der Waals surface area contributed by atoms with Gasteiger partial charge in [-0.1, -0.05) is 50.0 Å². The van der Waals surface area contributed by atoms with E-state index in [-0.39, 0.29) is 36.5 Å². The van der Waals surface area contributed by atoms with E-state index in [2.05, 4.69) is 10.6 Å². The molecule has 0 saturated carbocycles. The third-order valence-electron chi connectivity index (χ3n) is 5.41. The first-order chi connectivity index (χ1) is 15.0. The van der Waals surface area contributed by atoms with Crippen LogP contribution < -0.4 is 15.1 Å². The number of rotatable bonds is 6. The van der Waals surface area contributed by atoms with E-state index in [1.807, 2.05) is 33.9 Å². The number of nitrogens with zero attached hydrogens (tertiary/aromatic N) is 1. The predicted octanol–water partition coefficient (Wildman–Crippen LogP) is 6.58. The lowest BCUT2D eigenvalue weighted by Gasteiger charge is -2.37. The minimum absolute atomic E-state index is 0.0232. The summed E-state index contributed by atoms with van der Waals surface area (Å²) in [6.07, 6.45) is 0. The largest absolute Gasteiger partial charge is 0.541 e. The summed E-state index contributed by atoms with van der Waals surface area (Å²) in [5.74, 6) is -0.519. The molecule has 0 radical (unpaired) electrons. The number of hydrogen-bond donors (Lipinski definition) is 2. The standard InChI is InChI=1S/C21H28Cl2FN3O3S2Si/c1-21(2,3)33(6,7)30-18-16(12-11-13(22)19(18)32(28,29)27(4)5)26-20(31)25-15-10-8-9-14(24)17(15)23/h8-12H,1-7H3,(H2,25,26,31). The smallest absolute Gasteiger partial charge is 0.250 e. The van der Waals surface area contributed by atoms with Crippen LogP contribution in [-0.2, 0) is 10.0 Å². The van der Waals surface area contributed by atoms with Crippen molar-refractivity contribution in [1.29, 1.82) is 0 Å². The molecule has 12 heteroatoms. The molecule has 2 N–H and O–H groups in total. The van der Waals surface area contributed by atoms with E-state index >= 15 is 0 Å². The van der Waals surface area contributed by atoms with Gasteiger partial charge in [-0.2, -0.15) is 0 Å². The maximum absolute atomic E-state index is 13.8. The molecule has 33 heavy (non-hydrogen) atoms. The highest BCUT2D eigenvalue weighted by Gasteiger charge is 2.41. The number of anilines is 2. The average Bonchev–Trinajstić information content (AvgIpc) is 2.66. The van der Waals surface area contributed by atoms with Crippen LogP contribution in [0.5, 0.6) is 5.75 Å². The Labute approximate surface area is 211 Å². The predicted molar refractivity (Wildman–Crippen MR) is 141 cm³/mol. The Balaban J connectivity index is 2.60. The Morgan fingerprint density at radius 2 is 1.67 bits per heavy atom. The molecule has 182 valence electrons. The fraction of sp³-hybridized carbons (Fsp3) is 0.381. The van der Waals surface area contributed by atoms with Gasteiger partial charge in [0.25, 0.3) is 8.32 Å². The molecular formula is C21H28Cl2FN3O3S2Si. The van der Waals surface area contributed by atoms with Crippen LogP contribution >= 0.6 is 35.4 Å². The summed E-state index contributed by atoms with van der Waals surface area (Å²) in [6.45, 7) is 10.1. The van der Waals surface area contributed by atoms with Crippen molar-refractivity contribution in [1.82, 2.24) is 4.31 Å². The van der Waals surface area contributed by atoms with Crippen LogP contribution in [0.1, 0.15) is 20.8 Å².